The minimum absolute atomic E-state index is 0. The van der Waals surface area contributed by atoms with Crippen molar-refractivity contribution in [3.63, 3.8) is 0 Å². The van der Waals surface area contributed by atoms with E-state index in [-0.39, 0.29) is 1.43 Å². The van der Waals surface area contributed by atoms with Crippen LogP contribution in [0.1, 0.15) is 1.43 Å². The van der Waals surface area contributed by atoms with Crippen molar-refractivity contribution >= 4 is 11.9 Å². The predicted molar refractivity (Wildman–Crippen MR) is 17.4 cm³/mol. The van der Waals surface area contributed by atoms with Crippen molar-refractivity contribution in [1.82, 2.24) is 0 Å². The molecule has 0 amide bonds. The molecule has 36 valence electrons. The van der Waals surface area contributed by atoms with E-state index in [1.54, 1.807) is 0 Å². The number of carbonyl (C=O) groups is 2. The molecule has 0 rings (SSSR count). The van der Waals surface area contributed by atoms with Crippen LogP contribution in [0.3, 0.4) is 0 Å². The fraction of sp³-hybridized carbons (Fsp3) is 0. The first kappa shape index (κ1) is 4.94. The van der Waals surface area contributed by atoms with Crippen LogP contribution in [-0.2, 0) is 9.59 Å². The highest BCUT2D eigenvalue weighted by molar-refractivity contribution is 6.27. The summed E-state index contributed by atoms with van der Waals surface area (Å²) in [7, 11) is 0. The highest BCUT2D eigenvalue weighted by Gasteiger charge is 2.04. The van der Waals surface area contributed by atoms with Gasteiger partial charge in [0.2, 0.25) is 0 Å². The second-order valence-electron chi connectivity index (χ2n) is 0.610. The summed E-state index contributed by atoms with van der Waals surface area (Å²) in [5.41, 5.74) is 0. The summed E-state index contributed by atoms with van der Waals surface area (Å²) in [6.45, 7) is 0. The van der Waals surface area contributed by atoms with Gasteiger partial charge in [-0.3, -0.25) is 0 Å². The maximum Gasteiger partial charge on any atom is 0.414 e. The van der Waals surface area contributed by atoms with Gasteiger partial charge in [-0.1, -0.05) is 0 Å². The van der Waals surface area contributed by atoms with Crippen LogP contribution in [0.4, 0.5) is 0 Å². The Kier molecular flexibility index (Phi) is 1.15. The van der Waals surface area contributed by atoms with Crippen LogP contribution < -0.4 is 0 Å². The van der Waals surface area contributed by atoms with Crippen LogP contribution in [0.5, 0.6) is 0 Å². The van der Waals surface area contributed by atoms with Gasteiger partial charge in [0.15, 0.2) is 0 Å². The molecule has 0 aromatic rings. The molecule has 0 spiro atoms. The smallest absolute Gasteiger partial charge is 0.414 e. The molecule has 0 aromatic heterocycles. The van der Waals surface area contributed by atoms with Gasteiger partial charge in [0, 0.05) is 1.43 Å². The lowest BCUT2D eigenvalue weighted by molar-refractivity contribution is -0.159. The molecule has 4 nitrogen and oxygen atoms in total. The summed E-state index contributed by atoms with van der Waals surface area (Å²) in [5.74, 6) is -3.65. The molecule has 0 saturated carbocycles. The van der Waals surface area contributed by atoms with Crippen molar-refractivity contribution in [2.45, 2.75) is 0 Å². The van der Waals surface area contributed by atoms with Gasteiger partial charge in [-0.2, -0.15) is 0 Å². The van der Waals surface area contributed by atoms with Gasteiger partial charge >= 0.3 is 11.9 Å². The molecule has 0 aliphatic carbocycles. The maximum absolute atomic E-state index is 9.10. The molecule has 0 saturated heterocycles. The number of hydrogen-bond donors (Lipinski definition) is 2. The zero-order chi connectivity index (χ0) is 5.15. The Morgan fingerprint density at radius 1 is 1.17 bits per heavy atom. The summed E-state index contributed by atoms with van der Waals surface area (Å²) in [5, 5.41) is 14.8. The Hall–Kier alpha value is -1.06. The highest BCUT2D eigenvalue weighted by atomic mass is 16.4. The van der Waals surface area contributed by atoms with E-state index in [9.17, 15) is 0 Å². The summed E-state index contributed by atoms with van der Waals surface area (Å²) >= 11 is 0. The number of carboxylic acid groups (broad SMARTS) is 2. The second-order valence-corrected chi connectivity index (χ2v) is 0.610. The Labute approximate surface area is 34.5 Å². The van der Waals surface area contributed by atoms with Crippen molar-refractivity contribution in [1.29, 1.82) is 0 Å². The Morgan fingerprint density at radius 2 is 1.33 bits per heavy atom. The predicted octanol–water partition coefficient (Wildman–Crippen LogP) is -0.598. The van der Waals surface area contributed by atoms with E-state index in [0.29, 0.717) is 0 Å². The first-order chi connectivity index (χ1) is 2.64. The molecule has 0 bridgehead atoms. The van der Waals surface area contributed by atoms with Crippen LogP contribution in [0.25, 0.3) is 0 Å². The van der Waals surface area contributed by atoms with Crippen LogP contribution in [0.2, 0.25) is 0 Å². The summed E-state index contributed by atoms with van der Waals surface area (Å²) in [6, 6.07) is 0. The van der Waals surface area contributed by atoms with Gasteiger partial charge in [0.1, 0.15) is 0 Å². The van der Waals surface area contributed by atoms with Gasteiger partial charge in [0.25, 0.3) is 0 Å². The number of rotatable bonds is 0. The number of hydrogen-bond acceptors (Lipinski definition) is 2. The van der Waals surface area contributed by atoms with Crippen molar-refractivity contribution in [2.75, 3.05) is 0 Å². The molecular weight excluding hydrogens is 88.0 g/mol. The van der Waals surface area contributed by atoms with E-state index < -0.39 is 11.9 Å². The summed E-state index contributed by atoms with van der Waals surface area (Å²) < 4.78 is 0. The van der Waals surface area contributed by atoms with Crippen molar-refractivity contribution in [3.8, 4) is 0 Å². The lowest BCUT2D eigenvalue weighted by Crippen LogP contribution is -2.09. The molecule has 0 aliphatic rings. The monoisotopic (exact) mass is 94.0 g/mol. The molecule has 0 heterocycles. The average Bonchev–Trinajstić information content (AvgIpc) is 1.36. The van der Waals surface area contributed by atoms with E-state index in [4.69, 9.17) is 19.8 Å². The molecule has 0 radical (unpaired) electrons. The summed E-state index contributed by atoms with van der Waals surface area (Å²) in [6.07, 6.45) is 0. The third-order valence-corrected chi connectivity index (χ3v) is 0.183. The third kappa shape index (κ3) is 1.28. The Morgan fingerprint density at radius 3 is 1.33 bits per heavy atom. The molecule has 0 fully saturated rings. The lowest BCUT2D eigenvalue weighted by atomic mass is 10.7. The fourth-order valence-corrected chi connectivity index (χ4v) is 0. The van der Waals surface area contributed by atoms with Gasteiger partial charge in [-0.15, -0.1) is 0 Å². The van der Waals surface area contributed by atoms with E-state index in [2.05, 4.69) is 0 Å². The lowest BCUT2D eigenvalue weighted by Gasteiger charge is -1.72. The molecule has 6 heavy (non-hydrogen) atoms. The molecule has 0 atom stereocenters. The molecule has 4 heteroatoms. The third-order valence-electron chi connectivity index (χ3n) is 0.183. The van der Waals surface area contributed by atoms with E-state index in [0.717, 1.165) is 0 Å². The minimum atomic E-state index is -1.82. The van der Waals surface area contributed by atoms with Crippen LogP contribution in [0, 0.1) is 0 Å². The van der Waals surface area contributed by atoms with Crippen LogP contribution >= 0.6 is 0 Å². The minimum Gasteiger partial charge on any atom is -0.473 e. The Balaban J connectivity index is 0. The van der Waals surface area contributed by atoms with E-state index in [1.807, 2.05) is 0 Å². The first-order valence-electron chi connectivity index (χ1n) is 1.11. The standard InChI is InChI=1S/C2H2O4.H2/c3-1(4)2(5)6;/h(H,3,4)(H,5,6);1H/i;1+2. The van der Waals surface area contributed by atoms with Crippen LogP contribution in [0.15, 0.2) is 0 Å². The fourth-order valence-electron chi connectivity index (χ4n) is 0. The SMILES string of the molecule is O=C(O)C(=O)O.[3HH]. The van der Waals surface area contributed by atoms with Crippen molar-refractivity contribution < 1.29 is 21.2 Å². The zero-order valence-electron chi connectivity index (χ0n) is 2.71. The topological polar surface area (TPSA) is 74.6 Å². The van der Waals surface area contributed by atoms with Gasteiger partial charge in [-0.25, -0.2) is 9.59 Å². The highest BCUT2D eigenvalue weighted by Crippen LogP contribution is 1.56. The summed E-state index contributed by atoms with van der Waals surface area (Å²) in [4.78, 5) is 18.2. The maximum atomic E-state index is 9.10. The zero-order valence-corrected chi connectivity index (χ0v) is 2.71. The van der Waals surface area contributed by atoms with Gasteiger partial charge in [-0.05, 0) is 0 Å². The molecular formula is C2H4O4. The second kappa shape index (κ2) is 1.40. The van der Waals surface area contributed by atoms with Gasteiger partial charge in [0.05, 0.1) is 0 Å². The molecule has 0 aliphatic heterocycles. The van der Waals surface area contributed by atoms with Crippen molar-refractivity contribution in [2.24, 2.45) is 0 Å². The molecule has 0 aromatic carbocycles. The number of carboxylic acids is 2. The molecule has 0 unspecified atom stereocenters. The normalized spacial score (nSPS) is 7.33. The number of aliphatic carboxylic acids is 2. The van der Waals surface area contributed by atoms with E-state index >= 15 is 0 Å². The van der Waals surface area contributed by atoms with Gasteiger partial charge < -0.3 is 10.2 Å². The largest absolute Gasteiger partial charge is 0.473 e. The first-order valence-corrected chi connectivity index (χ1v) is 1.11. The Bertz CT molecular complexity index is 75.7. The van der Waals surface area contributed by atoms with Crippen LogP contribution in [-0.4, -0.2) is 22.2 Å². The molecule has 2 N–H and O–H groups in total. The van der Waals surface area contributed by atoms with Crippen molar-refractivity contribution in [3.05, 3.63) is 0 Å². The quantitative estimate of drug-likeness (QED) is 0.393. The van der Waals surface area contributed by atoms with E-state index in [1.165, 1.54) is 0 Å². The average molecular weight is 94.1 g/mol.